The number of nitrogens with zero attached hydrogens (tertiary/aromatic N) is 4. The van der Waals surface area contributed by atoms with Gasteiger partial charge in [-0.25, -0.2) is 0 Å². The number of piperazine rings is 1. The van der Waals surface area contributed by atoms with Gasteiger partial charge in [0.25, 0.3) is 5.69 Å². The van der Waals surface area contributed by atoms with Gasteiger partial charge in [0.2, 0.25) is 11.8 Å². The van der Waals surface area contributed by atoms with E-state index in [1.54, 1.807) is 4.90 Å². The third-order valence-electron chi connectivity index (χ3n) is 4.71. The lowest BCUT2D eigenvalue weighted by Gasteiger charge is -2.37. The summed E-state index contributed by atoms with van der Waals surface area (Å²) in [6.45, 7) is 1.69. The van der Waals surface area contributed by atoms with Gasteiger partial charge >= 0.3 is 6.18 Å². The van der Waals surface area contributed by atoms with Crippen LogP contribution in [0.25, 0.3) is 0 Å². The van der Waals surface area contributed by atoms with Gasteiger partial charge in [-0.15, -0.1) is 0 Å². The zero-order chi connectivity index (χ0) is 19.8. The molecule has 0 radical (unpaired) electrons. The molecule has 0 bridgehead atoms. The Morgan fingerprint density at radius 2 is 1.63 bits per heavy atom. The molecule has 0 spiro atoms. The summed E-state index contributed by atoms with van der Waals surface area (Å²) in [5.74, 6) is -0.443. The van der Waals surface area contributed by atoms with Crippen molar-refractivity contribution in [1.29, 1.82) is 0 Å². The Morgan fingerprint density at radius 3 is 2.15 bits per heavy atom. The van der Waals surface area contributed by atoms with Gasteiger partial charge in [0.1, 0.15) is 5.69 Å². The van der Waals surface area contributed by atoms with Gasteiger partial charge in [-0.2, -0.15) is 13.2 Å². The molecule has 2 amide bonds. The van der Waals surface area contributed by atoms with Crippen LogP contribution >= 0.6 is 0 Å². The standard InChI is InChI=1S/C16H17F3N4O4/c17-16(18,19)11-1-2-12(13(9-11)23(26)27)21-7-5-20(6-8-21)10-22-14(24)3-4-15(22)25/h1-2,9H,3-8,10H2. The van der Waals surface area contributed by atoms with Crippen LogP contribution in [0, 0.1) is 10.1 Å². The normalized spacial score (nSPS) is 19.1. The SMILES string of the molecule is O=C1CCC(=O)N1CN1CCN(c2ccc(C(F)(F)F)cc2[N+](=O)[O-])CC1. The predicted molar refractivity (Wildman–Crippen MR) is 87.8 cm³/mol. The van der Waals surface area contributed by atoms with E-state index in [4.69, 9.17) is 0 Å². The van der Waals surface area contributed by atoms with E-state index in [1.165, 1.54) is 4.90 Å². The summed E-state index contributed by atoms with van der Waals surface area (Å²) >= 11 is 0. The van der Waals surface area contributed by atoms with E-state index in [0.29, 0.717) is 32.2 Å². The van der Waals surface area contributed by atoms with Gasteiger partial charge in [0.05, 0.1) is 17.2 Å². The van der Waals surface area contributed by atoms with Crippen LogP contribution in [0.2, 0.25) is 0 Å². The first-order valence-corrected chi connectivity index (χ1v) is 8.33. The average Bonchev–Trinajstić information content (AvgIpc) is 2.93. The van der Waals surface area contributed by atoms with Gasteiger partial charge in [-0.05, 0) is 12.1 Å². The molecule has 2 fully saturated rings. The molecular weight excluding hydrogens is 369 g/mol. The second-order valence-electron chi connectivity index (χ2n) is 6.42. The maximum Gasteiger partial charge on any atom is 0.416 e. The molecule has 0 unspecified atom stereocenters. The Labute approximate surface area is 152 Å². The van der Waals surface area contributed by atoms with Crippen LogP contribution in [0.1, 0.15) is 18.4 Å². The lowest BCUT2D eigenvalue weighted by molar-refractivity contribution is -0.384. The van der Waals surface area contributed by atoms with Crippen molar-refractivity contribution in [1.82, 2.24) is 9.80 Å². The molecule has 146 valence electrons. The topological polar surface area (TPSA) is 87.0 Å². The molecule has 1 aromatic rings. The Balaban J connectivity index is 1.69. The van der Waals surface area contributed by atoms with Crippen LogP contribution < -0.4 is 4.90 Å². The summed E-state index contributed by atoms with van der Waals surface area (Å²) in [4.78, 5) is 38.5. The molecule has 2 aliphatic heterocycles. The maximum atomic E-state index is 12.8. The van der Waals surface area contributed by atoms with Crippen molar-refractivity contribution in [2.24, 2.45) is 0 Å². The third-order valence-corrected chi connectivity index (χ3v) is 4.71. The molecule has 0 aromatic heterocycles. The fourth-order valence-electron chi connectivity index (χ4n) is 3.22. The molecule has 2 heterocycles. The van der Waals surface area contributed by atoms with Crippen LogP contribution in [0.4, 0.5) is 24.5 Å². The monoisotopic (exact) mass is 386 g/mol. The number of nitro benzene ring substituents is 1. The number of nitro groups is 1. The van der Waals surface area contributed by atoms with Crippen molar-refractivity contribution < 1.29 is 27.7 Å². The summed E-state index contributed by atoms with van der Waals surface area (Å²) in [6, 6.07) is 2.49. The van der Waals surface area contributed by atoms with E-state index in [-0.39, 0.29) is 37.0 Å². The first kappa shape index (κ1) is 19.1. The van der Waals surface area contributed by atoms with E-state index in [1.807, 2.05) is 4.90 Å². The van der Waals surface area contributed by atoms with Crippen molar-refractivity contribution in [2.75, 3.05) is 37.7 Å². The van der Waals surface area contributed by atoms with E-state index in [0.717, 1.165) is 12.1 Å². The van der Waals surface area contributed by atoms with Crippen molar-refractivity contribution in [3.05, 3.63) is 33.9 Å². The predicted octanol–water partition coefficient (Wildman–Crippen LogP) is 1.84. The fraction of sp³-hybridized carbons (Fsp3) is 0.500. The van der Waals surface area contributed by atoms with Crippen LogP contribution in [-0.2, 0) is 15.8 Å². The first-order valence-electron chi connectivity index (χ1n) is 8.33. The number of carbonyl (C=O) groups excluding carboxylic acids is 2. The van der Waals surface area contributed by atoms with Gasteiger partial charge in [-0.1, -0.05) is 0 Å². The number of anilines is 1. The highest BCUT2D eigenvalue weighted by molar-refractivity contribution is 6.01. The maximum absolute atomic E-state index is 12.8. The van der Waals surface area contributed by atoms with Crippen molar-refractivity contribution in [2.45, 2.75) is 19.0 Å². The Hall–Kier alpha value is -2.69. The number of likely N-dealkylation sites (tertiary alicyclic amines) is 1. The molecule has 2 saturated heterocycles. The summed E-state index contributed by atoms with van der Waals surface area (Å²) < 4.78 is 38.4. The molecular formula is C16H17F3N4O4. The van der Waals surface area contributed by atoms with Crippen LogP contribution in [0.15, 0.2) is 18.2 Å². The highest BCUT2D eigenvalue weighted by atomic mass is 19.4. The fourth-order valence-corrected chi connectivity index (χ4v) is 3.22. The number of alkyl halides is 3. The second-order valence-corrected chi connectivity index (χ2v) is 6.42. The molecule has 0 saturated carbocycles. The molecule has 0 atom stereocenters. The van der Waals surface area contributed by atoms with Crippen LogP contribution in [0.5, 0.6) is 0 Å². The van der Waals surface area contributed by atoms with Gasteiger partial charge in [0, 0.05) is 45.1 Å². The lowest BCUT2D eigenvalue weighted by Crippen LogP contribution is -2.51. The minimum Gasteiger partial charge on any atom is -0.363 e. The molecule has 8 nitrogen and oxygen atoms in total. The average molecular weight is 386 g/mol. The van der Waals surface area contributed by atoms with Crippen LogP contribution in [-0.4, -0.2) is 59.4 Å². The Kier molecular flexibility index (Phi) is 5.05. The third kappa shape index (κ3) is 4.02. The van der Waals surface area contributed by atoms with Crippen molar-refractivity contribution in [3.63, 3.8) is 0 Å². The number of halogens is 3. The number of rotatable bonds is 4. The first-order chi connectivity index (χ1) is 12.7. The van der Waals surface area contributed by atoms with Crippen LogP contribution in [0.3, 0.4) is 0 Å². The second kappa shape index (κ2) is 7.14. The summed E-state index contributed by atoms with van der Waals surface area (Å²) in [5, 5.41) is 11.2. The Bertz CT molecular complexity index is 759. The van der Waals surface area contributed by atoms with Gasteiger partial charge in [-0.3, -0.25) is 29.5 Å². The van der Waals surface area contributed by atoms with E-state index < -0.39 is 22.4 Å². The zero-order valence-electron chi connectivity index (χ0n) is 14.2. The smallest absolute Gasteiger partial charge is 0.363 e. The molecule has 27 heavy (non-hydrogen) atoms. The number of hydrogen-bond donors (Lipinski definition) is 0. The molecule has 3 rings (SSSR count). The summed E-state index contributed by atoms with van der Waals surface area (Å²) in [5.41, 5.74) is -1.54. The quantitative estimate of drug-likeness (QED) is 0.446. The zero-order valence-corrected chi connectivity index (χ0v) is 14.2. The Morgan fingerprint density at radius 1 is 1.04 bits per heavy atom. The molecule has 11 heteroatoms. The van der Waals surface area contributed by atoms with Crippen molar-refractivity contribution >= 4 is 23.2 Å². The highest BCUT2D eigenvalue weighted by Gasteiger charge is 2.35. The number of benzene rings is 1. The molecule has 2 aliphatic rings. The molecule has 0 aliphatic carbocycles. The molecule has 1 aromatic carbocycles. The molecule has 0 N–H and O–H groups in total. The number of carbonyl (C=O) groups is 2. The van der Waals surface area contributed by atoms with E-state index in [2.05, 4.69) is 0 Å². The minimum absolute atomic E-state index is 0.126. The number of imide groups is 1. The van der Waals surface area contributed by atoms with Gasteiger partial charge < -0.3 is 4.90 Å². The summed E-state index contributed by atoms with van der Waals surface area (Å²) in [7, 11) is 0. The minimum atomic E-state index is -4.66. The van der Waals surface area contributed by atoms with Gasteiger partial charge in [0.15, 0.2) is 0 Å². The highest BCUT2D eigenvalue weighted by Crippen LogP contribution is 2.36. The van der Waals surface area contributed by atoms with E-state index in [9.17, 15) is 32.9 Å². The largest absolute Gasteiger partial charge is 0.416 e. The van der Waals surface area contributed by atoms with E-state index >= 15 is 0 Å². The lowest BCUT2D eigenvalue weighted by atomic mass is 10.1. The summed E-state index contributed by atoms with van der Waals surface area (Å²) in [6.07, 6.45) is -4.25. The number of hydrogen-bond acceptors (Lipinski definition) is 6. The van der Waals surface area contributed by atoms with Crippen molar-refractivity contribution in [3.8, 4) is 0 Å². The number of amides is 2.